The van der Waals surface area contributed by atoms with Gasteiger partial charge in [0.05, 0.1) is 1.37 Å². The van der Waals surface area contributed by atoms with Crippen molar-refractivity contribution in [1.29, 1.82) is 0 Å². The molecule has 250 valence electrons. The molecule has 0 aliphatic carbocycles. The first-order chi connectivity index (χ1) is 26.2. The lowest BCUT2D eigenvalue weighted by Crippen LogP contribution is -2.12. The molecule has 0 saturated carbocycles. The van der Waals surface area contributed by atoms with Gasteiger partial charge >= 0.3 is 0 Å². The number of rotatable bonds is 11. The molecule has 0 amide bonds. The van der Waals surface area contributed by atoms with Crippen molar-refractivity contribution in [2.45, 2.75) is 0 Å². The maximum absolute atomic E-state index is 8.25. The summed E-state index contributed by atoms with van der Waals surface area (Å²) >= 11 is 0. The molecule has 0 unspecified atom stereocenters. The zero-order chi connectivity index (χ0) is 35.8. The van der Waals surface area contributed by atoms with Gasteiger partial charge in [0.1, 0.15) is 11.5 Å². The normalized spacial score (nSPS) is 11.0. The highest BCUT2D eigenvalue weighted by Gasteiger charge is 2.16. The summed E-state index contributed by atoms with van der Waals surface area (Å²) in [5, 5.41) is 0. The molecule has 8 rings (SSSR count). The Morgan fingerprint density at radius 3 is 0.769 bits per heavy atom. The summed E-state index contributed by atoms with van der Waals surface area (Å²) in [6.45, 7) is 0. The van der Waals surface area contributed by atoms with Crippen molar-refractivity contribution in [3.8, 4) is 11.5 Å². The molecule has 0 aromatic heterocycles. The van der Waals surface area contributed by atoms with Gasteiger partial charge in [-0.3, -0.25) is 0 Å². The van der Waals surface area contributed by atoms with E-state index in [4.69, 9.17) is 6.11 Å². The first-order valence-corrected chi connectivity index (χ1v) is 17.3. The van der Waals surface area contributed by atoms with Crippen LogP contribution in [0.5, 0.6) is 11.5 Å². The Labute approximate surface area is 307 Å². The van der Waals surface area contributed by atoms with Crippen LogP contribution < -0.4 is 19.4 Å². The third-order valence-corrected chi connectivity index (χ3v) is 8.80. The summed E-state index contributed by atoms with van der Waals surface area (Å²) in [6, 6.07) is 74.5. The second-order valence-corrected chi connectivity index (χ2v) is 12.2. The molecule has 0 heterocycles. The molecule has 0 bridgehead atoms. The largest absolute Gasteiger partial charge is 0.457 e. The van der Waals surface area contributed by atoms with Crippen LogP contribution in [-0.4, -0.2) is 0 Å². The van der Waals surface area contributed by atoms with Gasteiger partial charge in [0.15, 0.2) is 0 Å². The second kappa shape index (κ2) is 15.2. The van der Waals surface area contributed by atoms with Gasteiger partial charge in [-0.1, -0.05) is 91.0 Å². The molecule has 52 heavy (non-hydrogen) atoms. The summed E-state index contributed by atoms with van der Waals surface area (Å²) in [7, 11) is 0. The van der Waals surface area contributed by atoms with Crippen molar-refractivity contribution >= 4 is 51.2 Å². The zero-order valence-corrected chi connectivity index (χ0v) is 28.5. The predicted molar refractivity (Wildman–Crippen MR) is 217 cm³/mol. The number of nitrogens with zero attached hydrogens (tertiary/aromatic N) is 3. The summed E-state index contributed by atoms with van der Waals surface area (Å²) in [5.74, 6) is 1.51. The predicted octanol–water partition coefficient (Wildman–Crippen LogP) is 13.9. The molecule has 4 heteroatoms. The molecule has 0 N–H and O–H groups in total. The lowest BCUT2D eigenvalue weighted by atomic mass is 10.1. The average Bonchev–Trinajstić information content (AvgIpc) is 3.22. The van der Waals surface area contributed by atoms with Crippen molar-refractivity contribution in [3.63, 3.8) is 0 Å². The average molecular weight is 674 g/mol. The number of benzene rings is 8. The minimum absolute atomic E-state index is 0.470. The van der Waals surface area contributed by atoms with Gasteiger partial charge in [0.2, 0.25) is 0 Å². The van der Waals surface area contributed by atoms with E-state index < -0.39 is 0 Å². The topological polar surface area (TPSA) is 19.0 Å². The van der Waals surface area contributed by atoms with Crippen molar-refractivity contribution in [3.05, 3.63) is 224 Å². The number of hydrogen-bond acceptors (Lipinski definition) is 4. The van der Waals surface area contributed by atoms with Gasteiger partial charge in [0.25, 0.3) is 0 Å². The van der Waals surface area contributed by atoms with Crippen LogP contribution in [0.3, 0.4) is 0 Å². The van der Waals surface area contributed by atoms with Crippen LogP contribution in [0.1, 0.15) is 1.37 Å². The van der Waals surface area contributed by atoms with E-state index in [1.165, 1.54) is 0 Å². The highest BCUT2D eigenvalue weighted by molar-refractivity contribution is 5.81. The molecule has 0 radical (unpaired) electrons. The van der Waals surface area contributed by atoms with Gasteiger partial charge in [-0.15, -0.1) is 0 Å². The minimum atomic E-state index is 0.470. The first-order valence-electron chi connectivity index (χ1n) is 17.8. The Morgan fingerprint density at radius 2 is 0.481 bits per heavy atom. The number of para-hydroxylation sites is 5. The van der Waals surface area contributed by atoms with E-state index in [0.29, 0.717) is 6.04 Å². The Bertz CT molecular complexity index is 2320. The summed E-state index contributed by atoms with van der Waals surface area (Å²) in [6.07, 6.45) is 0. The Kier molecular flexibility index (Phi) is 9.08. The van der Waals surface area contributed by atoms with E-state index in [0.717, 1.165) is 62.7 Å². The van der Waals surface area contributed by atoms with E-state index in [-0.39, 0.29) is 0 Å². The fraction of sp³-hybridized carbons (Fsp3) is 0. The molecule has 8 aromatic carbocycles. The fourth-order valence-electron chi connectivity index (χ4n) is 6.39. The summed E-state index contributed by atoms with van der Waals surface area (Å²) in [4.78, 5) is 6.65. The van der Waals surface area contributed by atoms with E-state index in [1.54, 1.807) is 6.07 Å². The number of hydrogen-bond donors (Lipinski definition) is 0. The maximum atomic E-state index is 8.25. The third kappa shape index (κ3) is 7.14. The van der Waals surface area contributed by atoms with E-state index in [1.807, 2.05) is 78.9 Å². The molecular weight excluding hydrogens is 635 g/mol. The van der Waals surface area contributed by atoms with Crippen molar-refractivity contribution in [1.82, 2.24) is 0 Å². The monoisotopic (exact) mass is 673 g/mol. The molecule has 0 aliphatic rings. The van der Waals surface area contributed by atoms with Gasteiger partial charge < -0.3 is 19.4 Å². The Morgan fingerprint density at radius 1 is 0.250 bits per heavy atom. The SMILES string of the molecule is [3H]c1cccc(N(c2ccccc2)c2ccc(N(c3ccccc3)c3ccc(Oc4ccc(N(c5ccccc5)c5ccccc5)cc4)cc3)cc2)c1. The molecular formula is C48H37N3O. The lowest BCUT2D eigenvalue weighted by Gasteiger charge is -2.28. The molecule has 0 fully saturated rings. The van der Waals surface area contributed by atoms with Gasteiger partial charge in [-0.05, 0) is 133 Å². The Hall–Kier alpha value is -7.04. The molecule has 8 aromatic rings. The highest BCUT2D eigenvalue weighted by Crippen LogP contribution is 2.40. The quantitative estimate of drug-likeness (QED) is 0.136. The van der Waals surface area contributed by atoms with Gasteiger partial charge in [-0.2, -0.15) is 0 Å². The lowest BCUT2D eigenvalue weighted by molar-refractivity contribution is 0.483. The maximum Gasteiger partial charge on any atom is 0.127 e. The summed E-state index contributed by atoms with van der Waals surface area (Å²) < 4.78 is 14.6. The van der Waals surface area contributed by atoms with E-state index in [9.17, 15) is 0 Å². The van der Waals surface area contributed by atoms with E-state index >= 15 is 0 Å². The van der Waals surface area contributed by atoms with E-state index in [2.05, 4.69) is 148 Å². The third-order valence-electron chi connectivity index (χ3n) is 8.80. The Balaban J connectivity index is 1.05. The molecule has 0 spiro atoms. The van der Waals surface area contributed by atoms with Crippen LogP contribution in [0, 0.1) is 0 Å². The fourth-order valence-corrected chi connectivity index (χ4v) is 6.39. The summed E-state index contributed by atoms with van der Waals surface area (Å²) in [5.41, 5.74) is 9.28. The zero-order valence-electron chi connectivity index (χ0n) is 29.5. The van der Waals surface area contributed by atoms with Crippen LogP contribution in [0.2, 0.25) is 0 Å². The standard InChI is InChI=1S/C48H37N3O/c1-6-16-38(17-7-1)49(39-18-8-2-9-19-39)43-26-28-44(29-27-43)51(42-24-14-5-15-25-42)46-32-36-48(37-33-46)52-47-34-30-45(31-35-47)50(40-20-10-3-11-21-40)41-22-12-4-13-23-41/h1-37H/i6T. The second-order valence-electron chi connectivity index (χ2n) is 12.2. The number of anilines is 9. The van der Waals surface area contributed by atoms with Gasteiger partial charge in [-0.25, -0.2) is 0 Å². The van der Waals surface area contributed by atoms with Gasteiger partial charge in [0, 0.05) is 51.2 Å². The van der Waals surface area contributed by atoms with Crippen LogP contribution in [0.4, 0.5) is 51.2 Å². The highest BCUT2D eigenvalue weighted by atomic mass is 16.5. The smallest absolute Gasteiger partial charge is 0.127 e. The minimum Gasteiger partial charge on any atom is -0.457 e. The number of ether oxygens (including phenoxy) is 1. The molecule has 0 aliphatic heterocycles. The first kappa shape index (κ1) is 31.0. The van der Waals surface area contributed by atoms with Crippen LogP contribution in [-0.2, 0) is 0 Å². The van der Waals surface area contributed by atoms with Crippen molar-refractivity contribution in [2.24, 2.45) is 0 Å². The molecule has 4 nitrogen and oxygen atoms in total. The van der Waals surface area contributed by atoms with Crippen molar-refractivity contribution < 1.29 is 6.11 Å². The van der Waals surface area contributed by atoms with Crippen LogP contribution in [0.25, 0.3) is 0 Å². The molecule has 0 saturated heterocycles. The molecule has 0 atom stereocenters. The van der Waals surface area contributed by atoms with Crippen molar-refractivity contribution in [2.75, 3.05) is 14.7 Å². The van der Waals surface area contributed by atoms with Crippen LogP contribution in [0.15, 0.2) is 224 Å². The van der Waals surface area contributed by atoms with Crippen LogP contribution >= 0.6 is 0 Å².